The number of ether oxygens (including phenoxy) is 1. The summed E-state index contributed by atoms with van der Waals surface area (Å²) in [6, 6.07) is 9.38. The van der Waals surface area contributed by atoms with Crippen LogP contribution in [0.3, 0.4) is 0 Å². The van der Waals surface area contributed by atoms with Crippen LogP contribution in [0.15, 0.2) is 43.0 Å². The van der Waals surface area contributed by atoms with Gasteiger partial charge in [0, 0.05) is 12.1 Å². The number of nitrogen functional groups attached to an aromatic ring is 1. The molecular weight excluding hydrogens is 693 g/mol. The van der Waals surface area contributed by atoms with E-state index in [0.29, 0.717) is 16.8 Å². The predicted molar refractivity (Wildman–Crippen MR) is 126 cm³/mol. The molecule has 0 atom stereocenters. The van der Waals surface area contributed by atoms with E-state index in [9.17, 15) is 0 Å². The van der Waals surface area contributed by atoms with Gasteiger partial charge in [-0.2, -0.15) is 0 Å². The Morgan fingerprint density at radius 2 is 1.54 bits per heavy atom. The lowest BCUT2D eigenvalue weighted by Gasteiger charge is -2.04. The second-order valence-electron chi connectivity index (χ2n) is 4.60. The average molecular weight is 702 g/mol. The van der Waals surface area contributed by atoms with Crippen molar-refractivity contribution in [3.05, 3.63) is 54.1 Å². The molecule has 0 aliphatic heterocycles. The molecule has 3 aromatic heterocycles. The monoisotopic (exact) mass is 702 g/mol. The minimum absolute atomic E-state index is 0.494. The molecule has 0 aliphatic rings. The van der Waals surface area contributed by atoms with Crippen LogP contribution in [0, 0.1) is 11.1 Å². The van der Waals surface area contributed by atoms with Gasteiger partial charge >= 0.3 is 0 Å². The topological polar surface area (TPSA) is 99.7 Å². The molecule has 1 aromatic carbocycles. The first-order valence-electron chi connectivity index (χ1n) is 6.95. The van der Waals surface area contributed by atoms with E-state index in [4.69, 9.17) is 10.5 Å². The summed E-state index contributed by atoms with van der Waals surface area (Å²) in [5.41, 5.74) is 6.46. The molecule has 132 valence electrons. The number of hydrogen-bond acceptors (Lipinski definition) is 8. The fourth-order valence-electron chi connectivity index (χ4n) is 1.82. The first-order valence-corrected chi connectivity index (χ1v) is 11.0. The van der Waals surface area contributed by atoms with Crippen molar-refractivity contribution >= 4 is 94.5 Å². The molecule has 0 bridgehead atoms. The largest absolute Gasteiger partial charge is 0.437 e. The fraction of sp³-hybridized carbons (Fsp3) is 0. The van der Waals surface area contributed by atoms with Gasteiger partial charge in [-0.15, -0.1) is 0 Å². The van der Waals surface area contributed by atoms with Gasteiger partial charge in [0.1, 0.15) is 29.3 Å². The summed E-state index contributed by atoms with van der Waals surface area (Å²) < 4.78 is 9.51. The lowest BCUT2D eigenvalue weighted by atomic mass is 10.3. The Morgan fingerprint density at radius 1 is 0.885 bits per heavy atom. The second-order valence-corrected chi connectivity index (χ2v) is 8.98. The number of thiazole rings is 1. The quantitative estimate of drug-likeness (QED) is 0.238. The summed E-state index contributed by atoms with van der Waals surface area (Å²) in [5, 5.41) is 0.526. The minimum Gasteiger partial charge on any atom is -0.437 e. The molecule has 2 N–H and O–H groups in total. The van der Waals surface area contributed by atoms with Crippen molar-refractivity contribution in [3.8, 4) is 11.6 Å². The van der Waals surface area contributed by atoms with Crippen molar-refractivity contribution in [2.24, 2.45) is 0 Å². The number of aromatic nitrogens is 5. The van der Waals surface area contributed by atoms with Gasteiger partial charge in [0.2, 0.25) is 5.88 Å². The maximum absolute atomic E-state index is 5.72. The molecule has 0 unspecified atom stereocenters. The van der Waals surface area contributed by atoms with Crippen LogP contribution in [0.1, 0.15) is 0 Å². The van der Waals surface area contributed by atoms with Crippen molar-refractivity contribution < 1.29 is 4.74 Å². The third kappa shape index (κ3) is 5.53. The van der Waals surface area contributed by atoms with E-state index < -0.39 is 0 Å². The van der Waals surface area contributed by atoms with E-state index in [0.717, 1.165) is 21.3 Å². The fourth-order valence-corrected chi connectivity index (χ4v) is 4.40. The van der Waals surface area contributed by atoms with Crippen molar-refractivity contribution in [1.29, 1.82) is 0 Å². The molecule has 11 heteroatoms. The molecule has 7 nitrogen and oxygen atoms in total. The number of fused-ring (bicyclic) bond motifs is 1. The van der Waals surface area contributed by atoms with Gasteiger partial charge in [0.05, 0.1) is 4.70 Å². The zero-order valence-corrected chi connectivity index (χ0v) is 20.1. The predicted octanol–water partition coefficient (Wildman–Crippen LogP) is 4.75. The van der Waals surface area contributed by atoms with Crippen molar-refractivity contribution in [2.45, 2.75) is 0 Å². The van der Waals surface area contributed by atoms with Gasteiger partial charge in [-0.25, -0.2) is 24.9 Å². The average Bonchev–Trinajstić information content (AvgIpc) is 2.97. The Labute approximate surface area is 193 Å². The SMILES string of the molecule is Ic1cc(I)ncn1.Nc1nc2c(Oc3cc(I)ncn3)cccc2s1. The summed E-state index contributed by atoms with van der Waals surface area (Å²) in [7, 11) is 0. The first-order chi connectivity index (χ1) is 12.5. The molecule has 26 heavy (non-hydrogen) atoms. The van der Waals surface area contributed by atoms with Crippen LogP contribution in [-0.4, -0.2) is 24.9 Å². The maximum atomic E-state index is 5.72. The number of halogens is 3. The van der Waals surface area contributed by atoms with E-state index in [-0.39, 0.29) is 0 Å². The number of anilines is 1. The summed E-state index contributed by atoms with van der Waals surface area (Å²) in [6.45, 7) is 0. The van der Waals surface area contributed by atoms with Crippen LogP contribution in [0.4, 0.5) is 5.13 Å². The van der Waals surface area contributed by atoms with Crippen LogP contribution in [0.25, 0.3) is 10.2 Å². The van der Waals surface area contributed by atoms with Crippen molar-refractivity contribution in [3.63, 3.8) is 0 Å². The molecule has 0 saturated carbocycles. The van der Waals surface area contributed by atoms with E-state index in [2.05, 4.69) is 92.7 Å². The summed E-state index contributed by atoms with van der Waals surface area (Å²) >= 11 is 7.84. The third-order valence-electron chi connectivity index (χ3n) is 2.82. The standard InChI is InChI=1S/C11H7IN4OS.C4H2I2N2/c12-8-4-9(15-5-14-8)17-6-2-1-3-7-10(6)16-11(13)18-7;5-3-1-4(6)8-2-7-3/h1-5H,(H2,13,16);1-2H. The molecule has 3 heterocycles. The van der Waals surface area contributed by atoms with Crippen LogP contribution < -0.4 is 10.5 Å². The van der Waals surface area contributed by atoms with Crippen LogP contribution in [0.5, 0.6) is 11.6 Å². The highest BCUT2D eigenvalue weighted by Crippen LogP contribution is 2.33. The lowest BCUT2D eigenvalue weighted by molar-refractivity contribution is 0.465. The third-order valence-corrected chi connectivity index (χ3v) is 5.44. The smallest absolute Gasteiger partial charge is 0.223 e. The summed E-state index contributed by atoms with van der Waals surface area (Å²) in [6.07, 6.45) is 3.02. The van der Waals surface area contributed by atoms with E-state index >= 15 is 0 Å². The second kappa shape index (κ2) is 9.32. The zero-order chi connectivity index (χ0) is 18.5. The zero-order valence-electron chi connectivity index (χ0n) is 12.8. The van der Waals surface area contributed by atoms with Crippen LogP contribution in [-0.2, 0) is 0 Å². The summed E-state index contributed by atoms with van der Waals surface area (Å²) in [5.74, 6) is 1.14. The van der Waals surface area contributed by atoms with Gasteiger partial charge in [-0.05, 0) is 79.9 Å². The highest BCUT2D eigenvalue weighted by Gasteiger charge is 2.09. The molecular formula is C15H9I3N6OS. The van der Waals surface area contributed by atoms with E-state index in [1.807, 2.05) is 24.3 Å². The number of nitrogens with zero attached hydrogens (tertiary/aromatic N) is 5. The lowest BCUT2D eigenvalue weighted by Crippen LogP contribution is -1.91. The first kappa shape index (κ1) is 19.8. The van der Waals surface area contributed by atoms with Crippen molar-refractivity contribution in [1.82, 2.24) is 24.9 Å². The normalized spacial score (nSPS) is 10.3. The Balaban J connectivity index is 0.000000206. The number of rotatable bonds is 2. The molecule has 4 aromatic rings. The minimum atomic E-state index is 0.494. The molecule has 0 radical (unpaired) electrons. The van der Waals surface area contributed by atoms with Gasteiger partial charge in [-0.3, -0.25) is 0 Å². The van der Waals surface area contributed by atoms with E-state index in [1.165, 1.54) is 17.7 Å². The van der Waals surface area contributed by atoms with Gasteiger partial charge in [0.15, 0.2) is 10.9 Å². The van der Waals surface area contributed by atoms with Gasteiger partial charge < -0.3 is 10.5 Å². The highest BCUT2D eigenvalue weighted by molar-refractivity contribution is 14.1. The molecule has 0 spiro atoms. The van der Waals surface area contributed by atoms with Crippen LogP contribution >= 0.6 is 79.1 Å². The maximum Gasteiger partial charge on any atom is 0.223 e. The molecule has 0 saturated heterocycles. The molecule has 0 amide bonds. The van der Waals surface area contributed by atoms with E-state index in [1.54, 1.807) is 12.4 Å². The Hall–Kier alpha value is -0.940. The van der Waals surface area contributed by atoms with Gasteiger partial charge in [-0.1, -0.05) is 17.4 Å². The number of para-hydroxylation sites is 1. The number of hydrogen-bond donors (Lipinski definition) is 1. The molecule has 4 rings (SSSR count). The molecule has 0 aliphatic carbocycles. The van der Waals surface area contributed by atoms with Crippen molar-refractivity contribution in [2.75, 3.05) is 5.73 Å². The van der Waals surface area contributed by atoms with Gasteiger partial charge in [0.25, 0.3) is 0 Å². The molecule has 0 fully saturated rings. The number of benzene rings is 1. The van der Waals surface area contributed by atoms with Crippen LogP contribution in [0.2, 0.25) is 0 Å². The Morgan fingerprint density at radius 3 is 2.15 bits per heavy atom. The number of nitrogens with two attached hydrogens (primary N) is 1. The highest BCUT2D eigenvalue weighted by atomic mass is 127. The Bertz CT molecular complexity index is 1030. The summed E-state index contributed by atoms with van der Waals surface area (Å²) in [4.78, 5) is 20.1. The Kier molecular flexibility index (Phi) is 7.10.